The van der Waals surface area contributed by atoms with Gasteiger partial charge in [0.25, 0.3) is 5.91 Å². The number of carbonyl (C=O) groups is 2. The largest absolute Gasteiger partial charge is 0.357 e. The molecule has 1 saturated carbocycles. The molecule has 0 unspecified atom stereocenters. The Labute approximate surface area is 159 Å². The summed E-state index contributed by atoms with van der Waals surface area (Å²) in [4.78, 5) is 27.9. The van der Waals surface area contributed by atoms with Gasteiger partial charge in [0.15, 0.2) is 5.96 Å². The molecular weight excluding hydrogens is 354 g/mol. The number of amides is 2. The Hall–Kier alpha value is -2.28. The molecule has 0 radical (unpaired) electrons. The molecule has 0 aliphatic heterocycles. The van der Waals surface area contributed by atoms with E-state index in [0.717, 1.165) is 19.4 Å². The van der Waals surface area contributed by atoms with Crippen LogP contribution in [0.15, 0.2) is 29.3 Å². The first-order chi connectivity index (χ1) is 12.6. The van der Waals surface area contributed by atoms with Gasteiger partial charge in [-0.1, -0.05) is 11.6 Å². The highest BCUT2D eigenvalue weighted by atomic mass is 35.5. The van der Waals surface area contributed by atoms with Gasteiger partial charge in [-0.25, -0.2) is 0 Å². The highest BCUT2D eigenvalue weighted by molar-refractivity contribution is 6.30. The molecule has 1 aliphatic rings. The molecule has 1 aliphatic carbocycles. The summed E-state index contributed by atoms with van der Waals surface area (Å²) in [5.74, 6) is 0.861. The summed E-state index contributed by atoms with van der Waals surface area (Å²) in [5.41, 5.74) is 0.571. The predicted molar refractivity (Wildman–Crippen MR) is 104 cm³/mol. The van der Waals surface area contributed by atoms with E-state index in [4.69, 9.17) is 11.6 Å². The lowest BCUT2D eigenvalue weighted by Gasteiger charge is -2.12. The molecule has 1 fully saturated rings. The average Bonchev–Trinajstić information content (AvgIpc) is 3.47. The van der Waals surface area contributed by atoms with Crippen molar-refractivity contribution in [3.05, 3.63) is 34.9 Å². The third kappa shape index (κ3) is 7.31. The Morgan fingerprint density at radius 2 is 1.73 bits per heavy atom. The zero-order valence-corrected chi connectivity index (χ0v) is 15.7. The Balaban J connectivity index is 1.64. The maximum atomic E-state index is 12.0. The molecule has 0 atom stereocenters. The number of benzene rings is 1. The van der Waals surface area contributed by atoms with Crippen LogP contribution >= 0.6 is 11.6 Å². The molecule has 2 rings (SSSR count). The normalized spacial score (nSPS) is 13.8. The topological polar surface area (TPSA) is 94.6 Å². The minimum Gasteiger partial charge on any atom is -0.357 e. The number of carbonyl (C=O) groups excluding carboxylic acids is 2. The van der Waals surface area contributed by atoms with Crippen molar-refractivity contribution in [3.8, 4) is 0 Å². The van der Waals surface area contributed by atoms with Gasteiger partial charge >= 0.3 is 0 Å². The van der Waals surface area contributed by atoms with Crippen molar-refractivity contribution in [1.82, 2.24) is 21.3 Å². The summed E-state index contributed by atoms with van der Waals surface area (Å²) in [5, 5.41) is 12.6. The minimum absolute atomic E-state index is 0.128. The second kappa shape index (κ2) is 10.7. The molecule has 0 spiro atoms. The van der Waals surface area contributed by atoms with E-state index in [-0.39, 0.29) is 17.7 Å². The molecule has 0 bridgehead atoms. The standard InChI is InChI=1S/C18H26ClN5O2/c1-2-20-18(23-11-9-21-16(25)13-3-4-13)24-12-10-22-17(26)14-5-7-15(19)8-6-14/h5-8,13H,2-4,9-12H2,1H3,(H,21,25)(H,22,26)(H2,20,23,24). The molecule has 0 saturated heterocycles. The monoisotopic (exact) mass is 379 g/mol. The van der Waals surface area contributed by atoms with E-state index in [0.29, 0.717) is 42.7 Å². The number of nitrogens with one attached hydrogen (secondary N) is 4. The van der Waals surface area contributed by atoms with Crippen LogP contribution in [0, 0.1) is 5.92 Å². The molecule has 4 N–H and O–H groups in total. The van der Waals surface area contributed by atoms with Crippen LogP contribution < -0.4 is 21.3 Å². The Morgan fingerprint density at radius 3 is 2.38 bits per heavy atom. The van der Waals surface area contributed by atoms with Crippen LogP contribution in [-0.4, -0.2) is 50.5 Å². The van der Waals surface area contributed by atoms with Crippen LogP contribution in [0.2, 0.25) is 5.02 Å². The van der Waals surface area contributed by atoms with Gasteiger partial charge in [0.1, 0.15) is 0 Å². The summed E-state index contributed by atoms with van der Waals surface area (Å²) in [6.45, 7) is 4.75. The second-order valence-electron chi connectivity index (χ2n) is 6.02. The van der Waals surface area contributed by atoms with Crippen molar-refractivity contribution in [2.24, 2.45) is 10.9 Å². The highest BCUT2D eigenvalue weighted by Gasteiger charge is 2.28. The van der Waals surface area contributed by atoms with Crippen molar-refractivity contribution >= 4 is 29.4 Å². The zero-order valence-electron chi connectivity index (χ0n) is 15.0. The van der Waals surface area contributed by atoms with E-state index in [1.165, 1.54) is 0 Å². The van der Waals surface area contributed by atoms with Crippen molar-refractivity contribution in [2.45, 2.75) is 19.8 Å². The number of nitrogens with zero attached hydrogens (tertiary/aromatic N) is 1. The molecule has 2 amide bonds. The summed E-state index contributed by atoms with van der Waals surface area (Å²) in [6, 6.07) is 6.75. The van der Waals surface area contributed by atoms with E-state index in [1.807, 2.05) is 6.92 Å². The Bertz CT molecular complexity index is 629. The summed E-state index contributed by atoms with van der Waals surface area (Å²) < 4.78 is 0. The van der Waals surface area contributed by atoms with Crippen molar-refractivity contribution in [1.29, 1.82) is 0 Å². The first-order valence-corrected chi connectivity index (χ1v) is 9.31. The number of hydrogen-bond acceptors (Lipinski definition) is 3. The van der Waals surface area contributed by atoms with Gasteiger partial charge in [-0.15, -0.1) is 0 Å². The lowest BCUT2D eigenvalue weighted by molar-refractivity contribution is -0.122. The van der Waals surface area contributed by atoms with Crippen molar-refractivity contribution in [3.63, 3.8) is 0 Å². The fourth-order valence-electron chi connectivity index (χ4n) is 2.24. The van der Waals surface area contributed by atoms with Gasteiger partial charge in [0, 0.05) is 42.7 Å². The first-order valence-electron chi connectivity index (χ1n) is 8.93. The van der Waals surface area contributed by atoms with Crippen LogP contribution in [0.4, 0.5) is 0 Å². The minimum atomic E-state index is -0.145. The van der Waals surface area contributed by atoms with Crippen LogP contribution in [-0.2, 0) is 4.79 Å². The van der Waals surface area contributed by atoms with Gasteiger partial charge in [-0.2, -0.15) is 0 Å². The Kier molecular flexibility index (Phi) is 8.21. The van der Waals surface area contributed by atoms with Gasteiger partial charge in [-0.05, 0) is 44.0 Å². The average molecular weight is 380 g/mol. The van der Waals surface area contributed by atoms with Crippen molar-refractivity contribution < 1.29 is 9.59 Å². The third-order valence-electron chi connectivity index (χ3n) is 3.78. The maximum absolute atomic E-state index is 12.0. The number of rotatable bonds is 9. The molecule has 1 aromatic carbocycles. The number of hydrogen-bond donors (Lipinski definition) is 4. The molecule has 7 nitrogen and oxygen atoms in total. The summed E-state index contributed by atoms with van der Waals surface area (Å²) in [6.07, 6.45) is 2.00. The molecule has 8 heteroatoms. The lowest BCUT2D eigenvalue weighted by atomic mass is 10.2. The van der Waals surface area contributed by atoms with Crippen LogP contribution in [0.1, 0.15) is 30.1 Å². The van der Waals surface area contributed by atoms with E-state index >= 15 is 0 Å². The van der Waals surface area contributed by atoms with Crippen molar-refractivity contribution in [2.75, 3.05) is 32.7 Å². The zero-order chi connectivity index (χ0) is 18.8. The molecular formula is C18H26ClN5O2. The fraction of sp³-hybridized carbons (Fsp3) is 0.500. The maximum Gasteiger partial charge on any atom is 0.251 e. The third-order valence-corrected chi connectivity index (χ3v) is 4.03. The molecule has 26 heavy (non-hydrogen) atoms. The van der Waals surface area contributed by atoms with E-state index in [1.54, 1.807) is 24.3 Å². The van der Waals surface area contributed by atoms with Crippen LogP contribution in [0.3, 0.4) is 0 Å². The second-order valence-corrected chi connectivity index (χ2v) is 6.45. The van der Waals surface area contributed by atoms with Crippen LogP contribution in [0.5, 0.6) is 0 Å². The first kappa shape index (κ1) is 20.0. The Morgan fingerprint density at radius 1 is 1.04 bits per heavy atom. The SMILES string of the molecule is CCNC(=NCCNC(=O)C1CC1)NCCNC(=O)c1ccc(Cl)cc1. The summed E-state index contributed by atoms with van der Waals surface area (Å²) in [7, 11) is 0. The number of halogens is 1. The lowest BCUT2D eigenvalue weighted by Crippen LogP contribution is -2.42. The van der Waals surface area contributed by atoms with Gasteiger partial charge < -0.3 is 21.3 Å². The molecule has 0 aromatic heterocycles. The van der Waals surface area contributed by atoms with E-state index in [2.05, 4.69) is 26.3 Å². The summed E-state index contributed by atoms with van der Waals surface area (Å²) >= 11 is 5.81. The van der Waals surface area contributed by atoms with Gasteiger partial charge in [0.05, 0.1) is 6.54 Å². The van der Waals surface area contributed by atoms with Gasteiger partial charge in [0.2, 0.25) is 5.91 Å². The number of guanidine groups is 1. The molecule has 142 valence electrons. The fourth-order valence-corrected chi connectivity index (χ4v) is 2.36. The van der Waals surface area contributed by atoms with E-state index < -0.39 is 0 Å². The highest BCUT2D eigenvalue weighted by Crippen LogP contribution is 2.28. The molecule has 1 aromatic rings. The quantitative estimate of drug-likeness (QED) is 0.294. The number of aliphatic imine (C=N–C) groups is 1. The predicted octanol–water partition coefficient (Wildman–Crippen LogP) is 1.15. The smallest absolute Gasteiger partial charge is 0.251 e. The van der Waals surface area contributed by atoms with Crippen LogP contribution in [0.25, 0.3) is 0 Å². The van der Waals surface area contributed by atoms with E-state index in [9.17, 15) is 9.59 Å². The molecule has 0 heterocycles. The van der Waals surface area contributed by atoms with Gasteiger partial charge in [-0.3, -0.25) is 14.6 Å².